The molecular weight excluding hydrogens is 538 g/mol. The second kappa shape index (κ2) is 27.8. The Labute approximate surface area is 253 Å². The Kier molecular flexibility index (Phi) is 27.2. The average Bonchev–Trinajstić information content (AvgIpc) is 2.92. The number of rotatable bonds is 30. The molecule has 0 aromatic rings. The minimum Gasteiger partial charge on any atom is -0.387 e. The second-order valence-corrected chi connectivity index (χ2v) is 13.4. The van der Waals surface area contributed by atoms with Gasteiger partial charge in [0, 0.05) is 0 Å². The van der Waals surface area contributed by atoms with E-state index >= 15 is 0 Å². The lowest BCUT2D eigenvalue weighted by atomic mass is 10.0. The van der Waals surface area contributed by atoms with Crippen LogP contribution in [0.2, 0.25) is 0 Å². The summed E-state index contributed by atoms with van der Waals surface area (Å²) in [5.74, 6) is -1.53. The minimum atomic E-state index is -4.43. The molecule has 41 heavy (non-hydrogen) atoms. The maximum atomic E-state index is 12.5. The van der Waals surface area contributed by atoms with Gasteiger partial charge in [0.15, 0.2) is 0 Å². The van der Waals surface area contributed by atoms with E-state index in [0.717, 1.165) is 38.5 Å². The van der Waals surface area contributed by atoms with E-state index in [1.165, 1.54) is 109 Å². The maximum absolute atomic E-state index is 12.5. The van der Waals surface area contributed by atoms with Crippen molar-refractivity contribution in [2.24, 2.45) is 0 Å². The third-order valence-electron chi connectivity index (χ3n) is 7.82. The summed E-state index contributed by atoms with van der Waals surface area (Å²) in [5, 5.41) is 23.2. The SMILES string of the molecule is CCCCCCCCCCC/C=C/C(O)C(CS(=O)(=O)O)NC(=O)C(O)CCCCCCCCCCCCCCC. The van der Waals surface area contributed by atoms with Crippen LogP contribution in [0.25, 0.3) is 0 Å². The molecule has 0 rings (SSSR count). The predicted molar refractivity (Wildman–Crippen MR) is 172 cm³/mol. The summed E-state index contributed by atoms with van der Waals surface area (Å²) in [4.78, 5) is 12.5. The van der Waals surface area contributed by atoms with Gasteiger partial charge >= 0.3 is 0 Å². The van der Waals surface area contributed by atoms with Gasteiger partial charge in [0.25, 0.3) is 10.1 Å². The highest BCUT2D eigenvalue weighted by molar-refractivity contribution is 7.85. The van der Waals surface area contributed by atoms with Gasteiger partial charge in [-0.1, -0.05) is 161 Å². The molecule has 4 N–H and O–H groups in total. The number of unbranched alkanes of at least 4 members (excludes halogenated alkanes) is 21. The van der Waals surface area contributed by atoms with Crippen molar-refractivity contribution in [2.45, 2.75) is 186 Å². The van der Waals surface area contributed by atoms with Crippen LogP contribution >= 0.6 is 0 Å². The number of aliphatic hydroxyl groups excluding tert-OH is 2. The lowest BCUT2D eigenvalue weighted by molar-refractivity contribution is -0.130. The van der Waals surface area contributed by atoms with Crippen molar-refractivity contribution in [3.63, 3.8) is 0 Å². The molecule has 244 valence electrons. The molecule has 0 aliphatic rings. The Morgan fingerprint density at radius 1 is 0.659 bits per heavy atom. The molecule has 0 radical (unpaired) electrons. The molecule has 0 saturated heterocycles. The number of carbonyl (C=O) groups excluding carboxylic acids is 1. The molecule has 1 amide bonds. The fourth-order valence-electron chi connectivity index (χ4n) is 5.16. The van der Waals surface area contributed by atoms with Gasteiger partial charge in [-0.3, -0.25) is 9.35 Å². The molecule has 0 aromatic heterocycles. The summed E-state index contributed by atoms with van der Waals surface area (Å²) in [5.41, 5.74) is 0. The number of amides is 1. The van der Waals surface area contributed by atoms with Gasteiger partial charge in [-0.15, -0.1) is 0 Å². The second-order valence-electron chi connectivity index (χ2n) is 11.9. The number of carbonyl (C=O) groups is 1. The van der Waals surface area contributed by atoms with Crippen molar-refractivity contribution in [3.8, 4) is 0 Å². The molecule has 0 bridgehead atoms. The van der Waals surface area contributed by atoms with E-state index in [9.17, 15) is 28.0 Å². The first-order valence-corrected chi connectivity index (χ1v) is 18.6. The maximum Gasteiger partial charge on any atom is 0.267 e. The largest absolute Gasteiger partial charge is 0.387 e. The summed E-state index contributed by atoms with van der Waals surface area (Å²) in [6, 6.07) is -1.22. The van der Waals surface area contributed by atoms with Gasteiger partial charge < -0.3 is 15.5 Å². The summed E-state index contributed by atoms with van der Waals surface area (Å²) in [7, 11) is -4.43. The first-order chi connectivity index (χ1) is 19.7. The topological polar surface area (TPSA) is 124 Å². The Morgan fingerprint density at radius 2 is 1.05 bits per heavy atom. The highest BCUT2D eigenvalue weighted by Gasteiger charge is 2.27. The zero-order valence-corrected chi connectivity index (χ0v) is 27.4. The molecule has 0 aromatic carbocycles. The van der Waals surface area contributed by atoms with Gasteiger partial charge in [-0.05, 0) is 19.3 Å². The van der Waals surface area contributed by atoms with E-state index in [4.69, 9.17) is 0 Å². The first kappa shape index (κ1) is 40.0. The molecule has 0 fully saturated rings. The third-order valence-corrected chi connectivity index (χ3v) is 8.60. The van der Waals surface area contributed by atoms with E-state index < -0.39 is 40.0 Å². The van der Waals surface area contributed by atoms with Crippen LogP contribution in [-0.2, 0) is 14.9 Å². The quantitative estimate of drug-likeness (QED) is 0.0374. The Morgan fingerprint density at radius 3 is 1.46 bits per heavy atom. The number of hydrogen-bond acceptors (Lipinski definition) is 5. The normalized spacial score (nSPS) is 14.4. The smallest absolute Gasteiger partial charge is 0.267 e. The number of hydrogen-bond donors (Lipinski definition) is 4. The van der Waals surface area contributed by atoms with E-state index in [0.29, 0.717) is 6.42 Å². The third kappa shape index (κ3) is 27.6. The van der Waals surface area contributed by atoms with Crippen LogP contribution in [-0.4, -0.2) is 53.1 Å². The Bertz CT molecular complexity index is 727. The average molecular weight is 604 g/mol. The van der Waals surface area contributed by atoms with E-state index in [2.05, 4.69) is 19.2 Å². The molecule has 0 aliphatic carbocycles. The van der Waals surface area contributed by atoms with E-state index in [-0.39, 0.29) is 6.42 Å². The molecule has 7 nitrogen and oxygen atoms in total. The van der Waals surface area contributed by atoms with Crippen LogP contribution < -0.4 is 5.32 Å². The predicted octanol–water partition coefficient (Wildman–Crippen LogP) is 8.04. The van der Waals surface area contributed by atoms with Crippen LogP contribution in [0.15, 0.2) is 12.2 Å². The fourth-order valence-corrected chi connectivity index (χ4v) is 5.89. The highest BCUT2D eigenvalue weighted by atomic mass is 32.2. The van der Waals surface area contributed by atoms with Crippen LogP contribution in [0.5, 0.6) is 0 Å². The first-order valence-electron chi connectivity index (χ1n) is 17.0. The van der Waals surface area contributed by atoms with Crippen molar-refractivity contribution >= 4 is 16.0 Å². The fraction of sp³-hybridized carbons (Fsp3) is 0.909. The van der Waals surface area contributed by atoms with Gasteiger partial charge in [0.1, 0.15) is 6.10 Å². The van der Waals surface area contributed by atoms with Crippen molar-refractivity contribution in [1.82, 2.24) is 5.32 Å². The molecule has 8 heteroatoms. The lowest BCUT2D eigenvalue weighted by Gasteiger charge is -2.22. The van der Waals surface area contributed by atoms with Crippen molar-refractivity contribution in [2.75, 3.05) is 5.75 Å². The van der Waals surface area contributed by atoms with Crippen molar-refractivity contribution in [3.05, 3.63) is 12.2 Å². The summed E-state index contributed by atoms with van der Waals surface area (Å²) >= 11 is 0. The van der Waals surface area contributed by atoms with Gasteiger partial charge in [-0.2, -0.15) is 8.42 Å². The molecule has 0 heterocycles. The minimum absolute atomic E-state index is 0.284. The summed E-state index contributed by atoms with van der Waals surface area (Å²) in [6.07, 6.45) is 28.4. The summed E-state index contributed by atoms with van der Waals surface area (Å²) in [6.45, 7) is 4.46. The number of nitrogens with one attached hydrogen (secondary N) is 1. The van der Waals surface area contributed by atoms with Crippen molar-refractivity contribution in [1.29, 1.82) is 0 Å². The van der Waals surface area contributed by atoms with Crippen LogP contribution in [0.4, 0.5) is 0 Å². The van der Waals surface area contributed by atoms with Crippen LogP contribution in [0.3, 0.4) is 0 Å². The Balaban J connectivity index is 4.16. The van der Waals surface area contributed by atoms with Gasteiger partial charge in [0.05, 0.1) is 17.9 Å². The standard InChI is InChI=1S/C33H65NO6S/c1-3-5-7-9-11-13-15-16-18-20-22-24-26-28-32(36)33(37)34-30(29-41(38,39)40)31(35)27-25-23-21-19-17-14-12-10-8-6-4-2/h25,27,30-32,35-36H,3-24,26,28-29H2,1-2H3,(H,34,37)(H,38,39,40)/b27-25+. The zero-order valence-electron chi connectivity index (χ0n) is 26.5. The zero-order chi connectivity index (χ0) is 30.6. The van der Waals surface area contributed by atoms with Crippen molar-refractivity contribution < 1.29 is 28.0 Å². The van der Waals surface area contributed by atoms with Crippen LogP contribution in [0, 0.1) is 0 Å². The monoisotopic (exact) mass is 603 g/mol. The van der Waals surface area contributed by atoms with Crippen LogP contribution in [0.1, 0.15) is 168 Å². The molecule has 0 saturated carbocycles. The molecular formula is C33H65NO6S. The van der Waals surface area contributed by atoms with E-state index in [1.54, 1.807) is 6.08 Å². The number of allylic oxidation sites excluding steroid dienone is 1. The number of aliphatic hydroxyl groups is 2. The molecule has 0 aliphatic heterocycles. The Hall–Kier alpha value is -0.960. The summed E-state index contributed by atoms with van der Waals surface area (Å²) < 4.78 is 32.3. The lowest BCUT2D eigenvalue weighted by Crippen LogP contribution is -2.50. The highest BCUT2D eigenvalue weighted by Crippen LogP contribution is 2.14. The molecule has 0 spiro atoms. The van der Waals surface area contributed by atoms with Gasteiger partial charge in [-0.25, -0.2) is 0 Å². The van der Waals surface area contributed by atoms with Gasteiger partial charge in [0.2, 0.25) is 5.91 Å². The molecule has 3 atom stereocenters. The van der Waals surface area contributed by atoms with E-state index in [1.807, 2.05) is 0 Å². The molecule has 3 unspecified atom stereocenters.